The van der Waals surface area contributed by atoms with Crippen molar-refractivity contribution in [3.8, 4) is 0 Å². The highest BCUT2D eigenvalue weighted by molar-refractivity contribution is 14.0. The van der Waals surface area contributed by atoms with E-state index in [0.29, 0.717) is 0 Å². The van der Waals surface area contributed by atoms with Crippen molar-refractivity contribution in [2.75, 3.05) is 19.3 Å². The lowest BCUT2D eigenvalue weighted by Gasteiger charge is -2.15. The minimum absolute atomic E-state index is 0. The van der Waals surface area contributed by atoms with Crippen molar-refractivity contribution in [3.05, 3.63) is 66.0 Å². The van der Waals surface area contributed by atoms with E-state index < -0.39 is 0 Å². The number of fused-ring (bicyclic) bond motifs is 1. The Morgan fingerprint density at radius 3 is 2.69 bits per heavy atom. The van der Waals surface area contributed by atoms with Gasteiger partial charge in [0.2, 0.25) is 0 Å². The first-order valence-corrected chi connectivity index (χ1v) is 10.9. The molecule has 4 rings (SSSR count). The average Bonchev–Trinajstić information content (AvgIpc) is 3.40. The molecular formula is C22H28IN5S. The Bertz CT molecular complexity index is 932. The van der Waals surface area contributed by atoms with Gasteiger partial charge in [-0.2, -0.15) is 11.8 Å². The minimum atomic E-state index is 0. The Hall–Kier alpha value is -1.74. The van der Waals surface area contributed by atoms with Gasteiger partial charge in [0.25, 0.3) is 0 Å². The standard InChI is InChI=1S/C22H27N5S.HI/c1-23-22(25-14-19-5-4-12-28-19)24-13-17-8-10-18(11-9-17)15-27-16-26-20-6-2-3-7-21(20)27;/h2-3,6-11,16,19H,4-5,12-15H2,1H3,(H2,23,24,25);1H. The van der Waals surface area contributed by atoms with Crippen LogP contribution in [-0.2, 0) is 13.1 Å². The molecule has 2 N–H and O–H groups in total. The van der Waals surface area contributed by atoms with Crippen molar-refractivity contribution in [3.63, 3.8) is 0 Å². The van der Waals surface area contributed by atoms with Crippen LogP contribution in [0, 0.1) is 0 Å². The highest BCUT2D eigenvalue weighted by Crippen LogP contribution is 2.25. The molecule has 5 nitrogen and oxygen atoms in total. The molecule has 1 aliphatic rings. The molecule has 1 aromatic heterocycles. The summed E-state index contributed by atoms with van der Waals surface area (Å²) in [6, 6.07) is 17.0. The number of nitrogens with zero attached hydrogens (tertiary/aromatic N) is 3. The van der Waals surface area contributed by atoms with E-state index in [1.54, 1.807) is 0 Å². The van der Waals surface area contributed by atoms with E-state index in [0.717, 1.165) is 36.4 Å². The van der Waals surface area contributed by atoms with Gasteiger partial charge in [-0.15, -0.1) is 24.0 Å². The Kier molecular flexibility index (Phi) is 8.23. The van der Waals surface area contributed by atoms with Crippen LogP contribution in [0.3, 0.4) is 0 Å². The normalized spacial score (nSPS) is 16.6. The van der Waals surface area contributed by atoms with Crippen molar-refractivity contribution in [1.29, 1.82) is 0 Å². The summed E-state index contributed by atoms with van der Waals surface area (Å²) in [6.45, 7) is 2.59. The summed E-state index contributed by atoms with van der Waals surface area (Å²) in [6.07, 6.45) is 4.56. The Balaban J connectivity index is 0.00000240. The molecule has 1 aliphatic heterocycles. The molecule has 0 radical (unpaired) electrons. The molecule has 154 valence electrons. The fraction of sp³-hybridized carbons (Fsp3) is 0.364. The second-order valence-electron chi connectivity index (χ2n) is 7.12. The molecule has 7 heteroatoms. The van der Waals surface area contributed by atoms with Gasteiger partial charge >= 0.3 is 0 Å². The lowest BCUT2D eigenvalue weighted by Crippen LogP contribution is -2.39. The van der Waals surface area contributed by atoms with Crippen LogP contribution in [0.15, 0.2) is 59.9 Å². The third-order valence-corrected chi connectivity index (χ3v) is 6.51. The van der Waals surface area contributed by atoms with E-state index in [9.17, 15) is 0 Å². The predicted octanol–water partition coefficient (Wildman–Crippen LogP) is 4.26. The van der Waals surface area contributed by atoms with E-state index in [4.69, 9.17) is 0 Å². The predicted molar refractivity (Wildman–Crippen MR) is 134 cm³/mol. The van der Waals surface area contributed by atoms with E-state index in [-0.39, 0.29) is 24.0 Å². The van der Waals surface area contributed by atoms with Crippen LogP contribution in [0.2, 0.25) is 0 Å². The summed E-state index contributed by atoms with van der Waals surface area (Å²) in [5.74, 6) is 2.17. The van der Waals surface area contributed by atoms with E-state index in [2.05, 4.69) is 73.3 Å². The van der Waals surface area contributed by atoms with Crippen molar-refractivity contribution < 1.29 is 0 Å². The van der Waals surface area contributed by atoms with Crippen LogP contribution in [0.1, 0.15) is 24.0 Å². The third-order valence-electron chi connectivity index (χ3n) is 5.11. The highest BCUT2D eigenvalue weighted by Gasteiger charge is 2.15. The van der Waals surface area contributed by atoms with Crippen molar-refractivity contribution >= 4 is 52.7 Å². The van der Waals surface area contributed by atoms with Crippen LogP contribution in [0.25, 0.3) is 11.0 Å². The van der Waals surface area contributed by atoms with Crippen LogP contribution in [0.5, 0.6) is 0 Å². The van der Waals surface area contributed by atoms with Gasteiger partial charge in [0.1, 0.15) is 0 Å². The number of rotatable bonds is 6. The zero-order valence-electron chi connectivity index (χ0n) is 16.7. The van der Waals surface area contributed by atoms with Gasteiger partial charge in [0, 0.05) is 31.9 Å². The molecule has 0 amide bonds. The van der Waals surface area contributed by atoms with Crippen LogP contribution < -0.4 is 10.6 Å². The quantitative estimate of drug-likeness (QED) is 0.289. The fourth-order valence-corrected chi connectivity index (χ4v) is 4.72. The first-order chi connectivity index (χ1) is 13.8. The number of imidazole rings is 1. The SMILES string of the molecule is CN=C(NCc1ccc(Cn2cnc3ccccc32)cc1)NCC1CCCS1.I. The van der Waals surface area contributed by atoms with Crippen molar-refractivity contribution in [2.45, 2.75) is 31.2 Å². The van der Waals surface area contributed by atoms with Gasteiger partial charge in [0.15, 0.2) is 5.96 Å². The maximum absolute atomic E-state index is 4.47. The molecule has 1 saturated heterocycles. The second-order valence-corrected chi connectivity index (χ2v) is 8.53. The number of hydrogen-bond acceptors (Lipinski definition) is 3. The van der Waals surface area contributed by atoms with Crippen molar-refractivity contribution in [1.82, 2.24) is 20.2 Å². The molecule has 1 unspecified atom stereocenters. The van der Waals surface area contributed by atoms with Crippen LogP contribution >= 0.6 is 35.7 Å². The lowest BCUT2D eigenvalue weighted by atomic mass is 10.1. The molecule has 29 heavy (non-hydrogen) atoms. The number of aliphatic imine (C=N–C) groups is 1. The molecular weight excluding hydrogens is 493 g/mol. The van der Waals surface area contributed by atoms with Gasteiger partial charge in [-0.1, -0.05) is 36.4 Å². The van der Waals surface area contributed by atoms with Crippen LogP contribution in [0.4, 0.5) is 0 Å². The molecule has 0 spiro atoms. The molecule has 0 saturated carbocycles. The minimum Gasteiger partial charge on any atom is -0.355 e. The smallest absolute Gasteiger partial charge is 0.191 e. The maximum atomic E-state index is 4.47. The molecule has 2 heterocycles. The maximum Gasteiger partial charge on any atom is 0.191 e. The molecule has 1 fully saturated rings. The van der Waals surface area contributed by atoms with Gasteiger partial charge in [-0.25, -0.2) is 4.98 Å². The summed E-state index contributed by atoms with van der Waals surface area (Å²) in [5, 5.41) is 7.58. The first kappa shape index (κ1) is 22.0. The summed E-state index contributed by atoms with van der Waals surface area (Å²) >= 11 is 2.06. The molecule has 0 bridgehead atoms. The summed E-state index contributed by atoms with van der Waals surface area (Å²) < 4.78 is 2.19. The Morgan fingerprint density at radius 2 is 1.93 bits per heavy atom. The average molecular weight is 521 g/mol. The molecule has 3 aromatic rings. The third kappa shape index (κ3) is 5.88. The molecule has 2 aromatic carbocycles. The topological polar surface area (TPSA) is 54.2 Å². The van der Waals surface area contributed by atoms with Gasteiger partial charge in [-0.05, 0) is 41.9 Å². The number of halogens is 1. The summed E-state index contributed by atoms with van der Waals surface area (Å²) in [7, 11) is 1.83. The first-order valence-electron chi connectivity index (χ1n) is 9.85. The number of hydrogen-bond donors (Lipinski definition) is 2. The summed E-state index contributed by atoms with van der Waals surface area (Å²) in [5.41, 5.74) is 4.73. The van der Waals surface area contributed by atoms with E-state index in [1.165, 1.54) is 35.2 Å². The van der Waals surface area contributed by atoms with E-state index >= 15 is 0 Å². The Morgan fingerprint density at radius 1 is 1.14 bits per heavy atom. The van der Waals surface area contributed by atoms with Crippen molar-refractivity contribution in [2.24, 2.45) is 4.99 Å². The fourth-order valence-electron chi connectivity index (χ4n) is 3.52. The Labute approximate surface area is 193 Å². The number of thioether (sulfide) groups is 1. The lowest BCUT2D eigenvalue weighted by molar-refractivity contribution is 0.726. The number of benzene rings is 2. The highest BCUT2D eigenvalue weighted by atomic mass is 127. The van der Waals surface area contributed by atoms with Gasteiger partial charge in [-0.3, -0.25) is 4.99 Å². The number of guanidine groups is 1. The van der Waals surface area contributed by atoms with Gasteiger partial charge < -0.3 is 15.2 Å². The monoisotopic (exact) mass is 521 g/mol. The number of nitrogens with one attached hydrogen (secondary N) is 2. The van der Waals surface area contributed by atoms with Crippen LogP contribution in [-0.4, -0.2) is 40.1 Å². The number of aromatic nitrogens is 2. The molecule has 0 aliphatic carbocycles. The number of para-hydroxylation sites is 2. The van der Waals surface area contributed by atoms with Gasteiger partial charge in [0.05, 0.1) is 17.4 Å². The molecule has 1 atom stereocenters. The second kappa shape index (κ2) is 10.9. The summed E-state index contributed by atoms with van der Waals surface area (Å²) in [4.78, 5) is 8.80. The largest absolute Gasteiger partial charge is 0.355 e. The zero-order chi connectivity index (χ0) is 19.2. The zero-order valence-corrected chi connectivity index (χ0v) is 19.8. The van der Waals surface area contributed by atoms with E-state index in [1.807, 2.05) is 25.5 Å².